The maximum absolute atomic E-state index is 10.9. The average Bonchev–Trinajstić information content (AvgIpc) is 2.62. The number of benzene rings is 2. The fraction of sp³-hybridized carbons (Fsp3) is 0.235. The number of nitrogens with one attached hydrogen (secondary N) is 3. The fourth-order valence-corrected chi connectivity index (χ4v) is 2.16. The van der Waals surface area contributed by atoms with Crippen LogP contribution in [0.25, 0.3) is 0 Å². The highest BCUT2D eigenvalue weighted by Gasteiger charge is 2.11. The van der Waals surface area contributed by atoms with E-state index in [2.05, 4.69) is 20.9 Å². The monoisotopic (exact) mass is 455 g/mol. The van der Waals surface area contributed by atoms with Crippen molar-refractivity contribution in [2.45, 2.75) is 6.54 Å². The summed E-state index contributed by atoms with van der Waals surface area (Å²) in [4.78, 5) is 14.7. The summed E-state index contributed by atoms with van der Waals surface area (Å²) >= 11 is 0. The number of rotatable bonds is 7. The topological polar surface area (TPSA) is 91.6 Å². The minimum absolute atomic E-state index is 0. The summed E-state index contributed by atoms with van der Waals surface area (Å²) < 4.78 is 0. The van der Waals surface area contributed by atoms with Gasteiger partial charge in [0, 0.05) is 32.7 Å². The van der Waals surface area contributed by atoms with E-state index < -0.39 is 4.92 Å². The number of nitro groups is 1. The molecule has 3 N–H and O–H groups in total. The number of nitro benzene ring substituents is 1. The van der Waals surface area contributed by atoms with Crippen LogP contribution in [0.2, 0.25) is 0 Å². The van der Waals surface area contributed by atoms with Crippen LogP contribution in [0.4, 0.5) is 11.4 Å². The summed E-state index contributed by atoms with van der Waals surface area (Å²) in [7, 11) is 1.70. The van der Waals surface area contributed by atoms with Crippen LogP contribution in [-0.4, -0.2) is 31.0 Å². The Hall–Kier alpha value is -2.36. The molecule has 0 aliphatic rings. The SMILES string of the molecule is CN=C(NCCNc1ccccc1[N+](=O)[O-])NCc1ccccc1.I. The van der Waals surface area contributed by atoms with Crippen LogP contribution < -0.4 is 16.0 Å². The molecule has 0 heterocycles. The van der Waals surface area contributed by atoms with Crippen LogP contribution in [0.3, 0.4) is 0 Å². The lowest BCUT2D eigenvalue weighted by molar-refractivity contribution is -0.384. The lowest BCUT2D eigenvalue weighted by Crippen LogP contribution is -2.39. The Morgan fingerprint density at radius 1 is 1.04 bits per heavy atom. The van der Waals surface area contributed by atoms with E-state index in [9.17, 15) is 10.1 Å². The molecule has 25 heavy (non-hydrogen) atoms. The molecule has 0 aliphatic heterocycles. The van der Waals surface area contributed by atoms with Crippen molar-refractivity contribution in [2.75, 3.05) is 25.5 Å². The minimum Gasteiger partial charge on any atom is -0.378 e. The molecule has 0 unspecified atom stereocenters. The van der Waals surface area contributed by atoms with Gasteiger partial charge in [0.1, 0.15) is 5.69 Å². The van der Waals surface area contributed by atoms with Crippen molar-refractivity contribution >= 4 is 41.3 Å². The summed E-state index contributed by atoms with van der Waals surface area (Å²) in [5, 5.41) is 20.4. The van der Waals surface area contributed by atoms with Gasteiger partial charge in [-0.25, -0.2) is 0 Å². The number of hydrogen-bond acceptors (Lipinski definition) is 4. The van der Waals surface area contributed by atoms with Crippen LogP contribution in [0.5, 0.6) is 0 Å². The molecule has 0 amide bonds. The minimum atomic E-state index is -0.393. The van der Waals surface area contributed by atoms with Gasteiger partial charge in [0.15, 0.2) is 5.96 Å². The normalized spacial score (nSPS) is 10.5. The molecule has 0 spiro atoms. The van der Waals surface area contributed by atoms with E-state index in [0.717, 1.165) is 0 Å². The summed E-state index contributed by atoms with van der Waals surface area (Å²) in [5.41, 5.74) is 1.75. The van der Waals surface area contributed by atoms with E-state index in [4.69, 9.17) is 0 Å². The zero-order valence-corrected chi connectivity index (χ0v) is 16.3. The standard InChI is InChI=1S/C17H21N5O2.HI/c1-18-17(21-13-14-7-3-2-4-8-14)20-12-11-19-15-9-5-6-10-16(15)22(23)24;/h2-10,19H,11-13H2,1H3,(H2,18,20,21);1H. The number of guanidine groups is 1. The highest BCUT2D eigenvalue weighted by atomic mass is 127. The molecule has 2 aromatic carbocycles. The third kappa shape index (κ3) is 6.96. The second kappa shape index (κ2) is 11.2. The van der Waals surface area contributed by atoms with Crippen molar-refractivity contribution in [1.82, 2.24) is 10.6 Å². The zero-order chi connectivity index (χ0) is 17.2. The van der Waals surface area contributed by atoms with Crippen LogP contribution in [0.1, 0.15) is 5.56 Å². The second-order valence-corrected chi connectivity index (χ2v) is 5.04. The van der Waals surface area contributed by atoms with Crippen molar-refractivity contribution in [3.8, 4) is 0 Å². The smallest absolute Gasteiger partial charge is 0.292 e. The lowest BCUT2D eigenvalue weighted by Gasteiger charge is -2.13. The Morgan fingerprint density at radius 2 is 1.72 bits per heavy atom. The molecule has 134 valence electrons. The maximum Gasteiger partial charge on any atom is 0.292 e. The maximum atomic E-state index is 10.9. The third-order valence-corrected chi connectivity index (χ3v) is 3.36. The van der Waals surface area contributed by atoms with Crippen molar-refractivity contribution in [1.29, 1.82) is 0 Å². The van der Waals surface area contributed by atoms with Gasteiger partial charge in [-0.1, -0.05) is 42.5 Å². The molecule has 0 fully saturated rings. The largest absolute Gasteiger partial charge is 0.378 e. The highest BCUT2D eigenvalue weighted by molar-refractivity contribution is 14.0. The molecule has 0 saturated carbocycles. The number of hydrogen-bond donors (Lipinski definition) is 3. The Kier molecular flexibility index (Phi) is 9.30. The lowest BCUT2D eigenvalue weighted by atomic mass is 10.2. The molecule has 8 heteroatoms. The van der Waals surface area contributed by atoms with Gasteiger partial charge in [0.05, 0.1) is 4.92 Å². The number of anilines is 1. The zero-order valence-electron chi connectivity index (χ0n) is 13.9. The highest BCUT2D eigenvalue weighted by Crippen LogP contribution is 2.22. The predicted molar refractivity (Wildman–Crippen MR) is 112 cm³/mol. The van der Waals surface area contributed by atoms with Gasteiger partial charge in [0.25, 0.3) is 5.69 Å². The van der Waals surface area contributed by atoms with Gasteiger partial charge in [-0.15, -0.1) is 24.0 Å². The summed E-state index contributed by atoms with van der Waals surface area (Å²) in [6.07, 6.45) is 0. The first-order valence-corrected chi connectivity index (χ1v) is 7.66. The fourth-order valence-electron chi connectivity index (χ4n) is 2.16. The van der Waals surface area contributed by atoms with E-state index in [1.165, 1.54) is 11.6 Å². The number of para-hydroxylation sites is 2. The van der Waals surface area contributed by atoms with Gasteiger partial charge in [0.2, 0.25) is 0 Å². The van der Waals surface area contributed by atoms with Gasteiger partial charge < -0.3 is 16.0 Å². The molecule has 7 nitrogen and oxygen atoms in total. The molecule has 0 atom stereocenters. The number of nitrogens with zero attached hydrogens (tertiary/aromatic N) is 2. The Balaban J connectivity index is 0.00000312. The molecule has 0 bridgehead atoms. The van der Waals surface area contributed by atoms with Gasteiger partial charge in [-0.3, -0.25) is 15.1 Å². The van der Waals surface area contributed by atoms with Crippen molar-refractivity contribution < 1.29 is 4.92 Å². The predicted octanol–water partition coefficient (Wildman–Crippen LogP) is 2.99. The average molecular weight is 455 g/mol. The molecule has 2 aromatic rings. The first-order valence-electron chi connectivity index (χ1n) is 7.66. The van der Waals surface area contributed by atoms with Crippen LogP contribution in [-0.2, 0) is 6.54 Å². The summed E-state index contributed by atoms with van der Waals surface area (Å²) in [5.74, 6) is 0.684. The van der Waals surface area contributed by atoms with Crippen LogP contribution in [0, 0.1) is 10.1 Å². The molecule has 2 rings (SSSR count). The Bertz CT molecular complexity index is 694. The van der Waals surface area contributed by atoms with E-state index in [0.29, 0.717) is 31.3 Å². The summed E-state index contributed by atoms with van der Waals surface area (Å²) in [6, 6.07) is 16.6. The Morgan fingerprint density at radius 3 is 2.40 bits per heavy atom. The molecular formula is C17H22IN5O2. The summed E-state index contributed by atoms with van der Waals surface area (Å²) in [6.45, 7) is 1.80. The van der Waals surface area contributed by atoms with Crippen molar-refractivity contribution in [3.05, 3.63) is 70.3 Å². The molecule has 0 saturated heterocycles. The van der Waals surface area contributed by atoms with Crippen LogP contribution >= 0.6 is 24.0 Å². The first-order chi connectivity index (χ1) is 11.7. The van der Waals surface area contributed by atoms with E-state index in [-0.39, 0.29) is 29.7 Å². The van der Waals surface area contributed by atoms with Crippen LogP contribution in [0.15, 0.2) is 59.6 Å². The molecule has 0 aliphatic carbocycles. The van der Waals surface area contributed by atoms with E-state index in [1.807, 2.05) is 30.3 Å². The molecular weight excluding hydrogens is 433 g/mol. The van der Waals surface area contributed by atoms with Crippen molar-refractivity contribution in [2.24, 2.45) is 4.99 Å². The van der Waals surface area contributed by atoms with E-state index >= 15 is 0 Å². The number of aliphatic imine (C=N–C) groups is 1. The first kappa shape index (κ1) is 20.7. The Labute approximate surface area is 164 Å². The second-order valence-electron chi connectivity index (χ2n) is 5.04. The van der Waals surface area contributed by atoms with E-state index in [1.54, 1.807) is 25.2 Å². The quantitative estimate of drug-likeness (QED) is 0.149. The molecule has 0 radical (unpaired) electrons. The third-order valence-electron chi connectivity index (χ3n) is 3.36. The van der Waals surface area contributed by atoms with Crippen molar-refractivity contribution in [3.63, 3.8) is 0 Å². The van der Waals surface area contributed by atoms with Gasteiger partial charge in [-0.2, -0.15) is 0 Å². The number of halogens is 1. The molecule has 0 aromatic heterocycles. The van der Waals surface area contributed by atoms with Gasteiger partial charge in [-0.05, 0) is 11.6 Å². The van der Waals surface area contributed by atoms with Gasteiger partial charge >= 0.3 is 0 Å².